The number of aryl methyl sites for hydroxylation is 1. The fraction of sp³-hybridized carbons (Fsp3) is 0.375. The van der Waals surface area contributed by atoms with Gasteiger partial charge in [0.1, 0.15) is 5.82 Å². The van der Waals surface area contributed by atoms with Gasteiger partial charge in [0.15, 0.2) is 0 Å². The van der Waals surface area contributed by atoms with Gasteiger partial charge in [-0.3, -0.25) is 0 Å². The zero-order valence-corrected chi connectivity index (χ0v) is 8.06. The first-order chi connectivity index (χ1) is 5.24. The van der Waals surface area contributed by atoms with Crippen LogP contribution in [0.4, 0.5) is 5.82 Å². The summed E-state index contributed by atoms with van der Waals surface area (Å²) in [7, 11) is 0. The third-order valence-corrected chi connectivity index (χ3v) is 2.21. The molecule has 0 fully saturated rings. The van der Waals surface area contributed by atoms with Crippen LogP contribution >= 0.6 is 15.9 Å². The molecule has 1 heterocycles. The predicted octanol–water partition coefficient (Wildman–Crippen LogP) is 2.38. The van der Waals surface area contributed by atoms with Crippen molar-refractivity contribution in [2.24, 2.45) is 0 Å². The fourth-order valence-corrected chi connectivity index (χ4v) is 1.46. The summed E-state index contributed by atoms with van der Waals surface area (Å²) < 4.78 is 1.06. The first-order valence-corrected chi connectivity index (χ1v) is 4.43. The third-order valence-electron chi connectivity index (χ3n) is 1.47. The molecule has 11 heavy (non-hydrogen) atoms. The van der Waals surface area contributed by atoms with Gasteiger partial charge in [-0.25, -0.2) is 4.98 Å². The van der Waals surface area contributed by atoms with Gasteiger partial charge in [-0.15, -0.1) is 0 Å². The first-order valence-electron chi connectivity index (χ1n) is 3.64. The maximum atomic E-state index is 5.48. The van der Waals surface area contributed by atoms with E-state index in [-0.39, 0.29) is 0 Å². The van der Waals surface area contributed by atoms with E-state index in [1.54, 1.807) is 0 Å². The molecule has 0 aromatic carbocycles. The Balaban J connectivity index is 2.90. The Labute approximate surface area is 75.0 Å². The standard InChI is InChI=1S/C8H11BrN2/c1-2-3-6-5-11-8(10)4-7(6)9/h4-5H,2-3H2,1H3,(H2,10,11). The summed E-state index contributed by atoms with van der Waals surface area (Å²) in [5, 5.41) is 0. The van der Waals surface area contributed by atoms with Crippen molar-refractivity contribution in [3.05, 3.63) is 22.3 Å². The van der Waals surface area contributed by atoms with Crippen molar-refractivity contribution in [2.75, 3.05) is 5.73 Å². The molecule has 0 radical (unpaired) electrons. The van der Waals surface area contributed by atoms with Crippen LogP contribution in [0.2, 0.25) is 0 Å². The highest BCUT2D eigenvalue weighted by molar-refractivity contribution is 9.10. The van der Waals surface area contributed by atoms with Crippen LogP contribution in [0.5, 0.6) is 0 Å². The van der Waals surface area contributed by atoms with Gasteiger partial charge >= 0.3 is 0 Å². The molecule has 0 aliphatic rings. The minimum Gasteiger partial charge on any atom is -0.384 e. The molecule has 0 atom stereocenters. The second-order valence-corrected chi connectivity index (χ2v) is 3.30. The number of pyridine rings is 1. The summed E-state index contributed by atoms with van der Waals surface area (Å²) in [5.74, 6) is 0.566. The van der Waals surface area contributed by atoms with Crippen LogP contribution in [0.1, 0.15) is 18.9 Å². The molecule has 1 aromatic heterocycles. The molecule has 0 unspecified atom stereocenters. The van der Waals surface area contributed by atoms with Gasteiger partial charge in [0, 0.05) is 10.7 Å². The highest BCUT2D eigenvalue weighted by atomic mass is 79.9. The van der Waals surface area contributed by atoms with Crippen molar-refractivity contribution in [1.82, 2.24) is 4.98 Å². The van der Waals surface area contributed by atoms with Crippen molar-refractivity contribution in [3.63, 3.8) is 0 Å². The molecular formula is C8H11BrN2. The molecular weight excluding hydrogens is 204 g/mol. The van der Waals surface area contributed by atoms with Gasteiger partial charge in [0.2, 0.25) is 0 Å². The van der Waals surface area contributed by atoms with Crippen LogP contribution in [-0.2, 0) is 6.42 Å². The zero-order valence-electron chi connectivity index (χ0n) is 6.47. The molecule has 0 bridgehead atoms. The number of anilines is 1. The molecule has 1 rings (SSSR count). The van der Waals surface area contributed by atoms with Crippen LogP contribution in [0.3, 0.4) is 0 Å². The van der Waals surface area contributed by atoms with E-state index < -0.39 is 0 Å². The van der Waals surface area contributed by atoms with E-state index >= 15 is 0 Å². The van der Waals surface area contributed by atoms with Crippen LogP contribution in [-0.4, -0.2) is 4.98 Å². The second kappa shape index (κ2) is 3.72. The maximum absolute atomic E-state index is 5.48. The van der Waals surface area contributed by atoms with E-state index in [0.717, 1.165) is 17.3 Å². The van der Waals surface area contributed by atoms with E-state index in [1.807, 2.05) is 12.3 Å². The molecule has 0 spiro atoms. The van der Waals surface area contributed by atoms with E-state index in [1.165, 1.54) is 5.56 Å². The summed E-state index contributed by atoms with van der Waals surface area (Å²) in [6.45, 7) is 2.14. The Morgan fingerprint density at radius 1 is 1.64 bits per heavy atom. The van der Waals surface area contributed by atoms with E-state index in [9.17, 15) is 0 Å². The Morgan fingerprint density at radius 2 is 2.36 bits per heavy atom. The van der Waals surface area contributed by atoms with E-state index in [0.29, 0.717) is 5.82 Å². The lowest BCUT2D eigenvalue weighted by Crippen LogP contribution is -1.93. The summed E-state index contributed by atoms with van der Waals surface area (Å²) in [4.78, 5) is 4.01. The van der Waals surface area contributed by atoms with Gasteiger partial charge in [0.05, 0.1) is 0 Å². The largest absolute Gasteiger partial charge is 0.384 e. The Kier molecular flexibility index (Phi) is 2.88. The minimum atomic E-state index is 0.566. The average Bonchev–Trinajstić information content (AvgIpc) is 1.95. The van der Waals surface area contributed by atoms with Crippen LogP contribution in [0.15, 0.2) is 16.7 Å². The SMILES string of the molecule is CCCc1cnc(N)cc1Br. The summed E-state index contributed by atoms with van der Waals surface area (Å²) in [5.41, 5.74) is 6.71. The van der Waals surface area contributed by atoms with Crippen molar-refractivity contribution < 1.29 is 0 Å². The first kappa shape index (κ1) is 8.53. The number of nitrogen functional groups attached to an aromatic ring is 1. The number of halogens is 1. The molecule has 3 heteroatoms. The minimum absolute atomic E-state index is 0.566. The second-order valence-electron chi connectivity index (χ2n) is 2.45. The monoisotopic (exact) mass is 214 g/mol. The number of aromatic nitrogens is 1. The van der Waals surface area contributed by atoms with Gasteiger partial charge in [0.25, 0.3) is 0 Å². The van der Waals surface area contributed by atoms with Gasteiger partial charge < -0.3 is 5.73 Å². The maximum Gasteiger partial charge on any atom is 0.124 e. The topological polar surface area (TPSA) is 38.9 Å². The molecule has 1 aromatic rings. The Morgan fingerprint density at radius 3 is 2.91 bits per heavy atom. The van der Waals surface area contributed by atoms with Crippen molar-refractivity contribution in [3.8, 4) is 0 Å². The fourth-order valence-electron chi connectivity index (χ4n) is 0.927. The summed E-state index contributed by atoms with van der Waals surface area (Å²) >= 11 is 3.43. The van der Waals surface area contributed by atoms with Crippen LogP contribution in [0, 0.1) is 0 Å². The van der Waals surface area contributed by atoms with Crippen LogP contribution in [0.25, 0.3) is 0 Å². The van der Waals surface area contributed by atoms with Crippen molar-refractivity contribution in [1.29, 1.82) is 0 Å². The molecule has 0 aliphatic heterocycles. The van der Waals surface area contributed by atoms with Gasteiger partial charge in [-0.2, -0.15) is 0 Å². The van der Waals surface area contributed by atoms with Crippen molar-refractivity contribution in [2.45, 2.75) is 19.8 Å². The summed E-state index contributed by atoms with van der Waals surface area (Å²) in [6.07, 6.45) is 4.00. The van der Waals surface area contributed by atoms with E-state index in [4.69, 9.17) is 5.73 Å². The quantitative estimate of drug-likeness (QED) is 0.822. The molecule has 0 saturated carbocycles. The lowest BCUT2D eigenvalue weighted by atomic mass is 10.2. The third kappa shape index (κ3) is 2.19. The Bertz CT molecular complexity index is 248. The molecule has 0 saturated heterocycles. The Hall–Kier alpha value is -0.570. The van der Waals surface area contributed by atoms with Gasteiger partial charge in [-0.05, 0) is 18.1 Å². The zero-order chi connectivity index (χ0) is 8.27. The number of nitrogens with two attached hydrogens (primary N) is 1. The van der Waals surface area contributed by atoms with Crippen LogP contribution < -0.4 is 5.73 Å². The predicted molar refractivity (Wildman–Crippen MR) is 50.3 cm³/mol. The molecule has 0 aliphatic carbocycles. The highest BCUT2D eigenvalue weighted by Crippen LogP contribution is 2.18. The molecule has 60 valence electrons. The summed E-state index contributed by atoms with van der Waals surface area (Å²) in [6, 6.07) is 1.84. The van der Waals surface area contributed by atoms with Crippen molar-refractivity contribution >= 4 is 21.7 Å². The normalized spacial score (nSPS) is 10.0. The number of hydrogen-bond acceptors (Lipinski definition) is 2. The average molecular weight is 215 g/mol. The highest BCUT2D eigenvalue weighted by Gasteiger charge is 1.98. The number of hydrogen-bond donors (Lipinski definition) is 1. The molecule has 2 N–H and O–H groups in total. The number of nitrogens with zero attached hydrogens (tertiary/aromatic N) is 1. The van der Waals surface area contributed by atoms with E-state index in [2.05, 4.69) is 27.8 Å². The molecule has 2 nitrogen and oxygen atoms in total. The molecule has 0 amide bonds. The number of rotatable bonds is 2. The lowest BCUT2D eigenvalue weighted by Gasteiger charge is -2.01. The lowest BCUT2D eigenvalue weighted by molar-refractivity contribution is 0.909. The van der Waals surface area contributed by atoms with Gasteiger partial charge in [-0.1, -0.05) is 29.3 Å². The smallest absolute Gasteiger partial charge is 0.124 e.